The van der Waals surface area contributed by atoms with Gasteiger partial charge in [-0.3, -0.25) is 29.8 Å². The molecule has 0 aromatic heterocycles. The Balaban J connectivity index is 1.80. The van der Waals surface area contributed by atoms with E-state index in [1.54, 1.807) is 13.0 Å². The van der Waals surface area contributed by atoms with E-state index in [9.17, 15) is 29.8 Å². The fourth-order valence-electron chi connectivity index (χ4n) is 2.34. The van der Waals surface area contributed by atoms with Gasteiger partial charge in [-0.1, -0.05) is 18.2 Å². The van der Waals surface area contributed by atoms with Crippen LogP contribution in [0.2, 0.25) is 0 Å². The lowest BCUT2D eigenvalue weighted by atomic mass is 10.2. The monoisotopic (exact) mass is 402 g/mol. The Kier molecular flexibility index (Phi) is 7.18. The number of nitro groups is 2. The van der Waals surface area contributed by atoms with Crippen molar-refractivity contribution in [2.24, 2.45) is 0 Å². The van der Waals surface area contributed by atoms with Crippen molar-refractivity contribution in [3.05, 3.63) is 68.3 Å². The second-order valence-corrected chi connectivity index (χ2v) is 5.92. The Labute approximate surface area is 165 Å². The minimum atomic E-state index is -0.679. The number of esters is 1. The predicted octanol–water partition coefficient (Wildman–Crippen LogP) is 2.80. The minimum absolute atomic E-state index is 0.0787. The van der Waals surface area contributed by atoms with Crippen LogP contribution in [0.15, 0.2) is 42.5 Å². The van der Waals surface area contributed by atoms with E-state index in [4.69, 9.17) is 4.74 Å². The first-order valence-corrected chi connectivity index (χ1v) is 8.45. The van der Waals surface area contributed by atoms with Gasteiger partial charge in [-0.25, -0.2) is 0 Å². The second kappa shape index (κ2) is 9.78. The molecule has 0 aliphatic rings. The number of nitrogens with zero attached hydrogens (tertiary/aromatic N) is 2. The maximum atomic E-state index is 11.9. The largest absolute Gasteiger partial charge is 0.456 e. The topological polar surface area (TPSA) is 154 Å². The quantitative estimate of drug-likeness (QED) is 0.369. The molecule has 0 fully saturated rings. The summed E-state index contributed by atoms with van der Waals surface area (Å²) in [5.41, 5.74) is 0.836. The second-order valence-electron chi connectivity index (χ2n) is 5.92. The number of carbonyl (C=O) groups excluding carboxylic acids is 2. The summed E-state index contributed by atoms with van der Waals surface area (Å²) in [5.74, 6) is -1.32. The summed E-state index contributed by atoms with van der Waals surface area (Å²) >= 11 is 0. The van der Waals surface area contributed by atoms with Crippen molar-refractivity contribution in [3.63, 3.8) is 0 Å². The lowest BCUT2D eigenvalue weighted by molar-refractivity contribution is -0.384. The first-order valence-electron chi connectivity index (χ1n) is 8.45. The van der Waals surface area contributed by atoms with Crippen molar-refractivity contribution >= 4 is 34.6 Å². The number of nitrogens with one attached hydrogen (secondary N) is 2. The molecule has 0 unspecified atom stereocenters. The molecule has 0 heterocycles. The number of aryl methyl sites for hydroxylation is 1. The van der Waals surface area contributed by atoms with Crippen LogP contribution in [0.1, 0.15) is 12.0 Å². The molecular weight excluding hydrogens is 384 g/mol. The van der Waals surface area contributed by atoms with Crippen molar-refractivity contribution in [1.82, 2.24) is 0 Å². The van der Waals surface area contributed by atoms with E-state index in [0.717, 1.165) is 0 Å². The van der Waals surface area contributed by atoms with Gasteiger partial charge in [-0.2, -0.15) is 0 Å². The molecule has 0 spiro atoms. The summed E-state index contributed by atoms with van der Waals surface area (Å²) in [4.78, 5) is 44.3. The molecule has 0 bridgehead atoms. The van der Waals surface area contributed by atoms with Crippen LogP contribution in [0.5, 0.6) is 0 Å². The fourth-order valence-corrected chi connectivity index (χ4v) is 2.34. The first kappa shape index (κ1) is 21.3. The van der Waals surface area contributed by atoms with E-state index in [-0.39, 0.29) is 35.7 Å². The Morgan fingerprint density at radius 1 is 1.03 bits per heavy atom. The summed E-state index contributed by atoms with van der Waals surface area (Å²) < 4.78 is 4.85. The summed E-state index contributed by atoms with van der Waals surface area (Å²) in [6, 6.07) is 10.0. The lowest BCUT2D eigenvalue weighted by Crippen LogP contribution is -2.22. The number of amides is 1. The number of non-ortho nitro benzene ring substituents is 1. The van der Waals surface area contributed by atoms with Crippen molar-refractivity contribution < 1.29 is 24.2 Å². The van der Waals surface area contributed by atoms with Crippen LogP contribution in [0, 0.1) is 27.2 Å². The highest BCUT2D eigenvalue weighted by molar-refractivity contribution is 5.93. The summed E-state index contributed by atoms with van der Waals surface area (Å²) in [6.45, 7) is 1.18. The molecule has 0 saturated heterocycles. The highest BCUT2D eigenvalue weighted by Crippen LogP contribution is 2.23. The zero-order valence-electron chi connectivity index (χ0n) is 15.4. The number of para-hydroxylation sites is 2. The number of anilines is 2. The Morgan fingerprint density at radius 2 is 1.76 bits per heavy atom. The van der Waals surface area contributed by atoms with Gasteiger partial charge in [0.15, 0.2) is 6.61 Å². The molecule has 0 radical (unpaired) electrons. The number of hydrogen-bond acceptors (Lipinski definition) is 8. The molecule has 11 heteroatoms. The molecule has 0 saturated carbocycles. The maximum Gasteiger partial charge on any atom is 0.308 e. The van der Waals surface area contributed by atoms with Crippen LogP contribution in [0.3, 0.4) is 0 Å². The molecule has 29 heavy (non-hydrogen) atoms. The average Bonchev–Trinajstić information content (AvgIpc) is 2.68. The van der Waals surface area contributed by atoms with Crippen molar-refractivity contribution in [2.75, 3.05) is 23.8 Å². The Morgan fingerprint density at radius 3 is 2.45 bits per heavy atom. The highest BCUT2D eigenvalue weighted by atomic mass is 16.6. The molecule has 0 aliphatic heterocycles. The third kappa shape index (κ3) is 6.27. The zero-order chi connectivity index (χ0) is 21.4. The van der Waals surface area contributed by atoms with Gasteiger partial charge in [-0.15, -0.1) is 0 Å². The van der Waals surface area contributed by atoms with Crippen LogP contribution >= 0.6 is 0 Å². The number of benzene rings is 2. The van der Waals surface area contributed by atoms with E-state index >= 15 is 0 Å². The molecule has 1 amide bonds. The van der Waals surface area contributed by atoms with Crippen LogP contribution in [0.4, 0.5) is 22.7 Å². The van der Waals surface area contributed by atoms with Gasteiger partial charge in [0.2, 0.25) is 0 Å². The average molecular weight is 402 g/mol. The smallest absolute Gasteiger partial charge is 0.308 e. The van der Waals surface area contributed by atoms with E-state index in [1.807, 2.05) is 0 Å². The fraction of sp³-hybridized carbons (Fsp3) is 0.222. The van der Waals surface area contributed by atoms with Gasteiger partial charge < -0.3 is 15.4 Å². The van der Waals surface area contributed by atoms with E-state index in [1.165, 1.54) is 36.4 Å². The number of ether oxygens (including phenoxy) is 1. The Hall–Kier alpha value is -4.02. The summed E-state index contributed by atoms with van der Waals surface area (Å²) in [5, 5.41) is 26.9. The van der Waals surface area contributed by atoms with Gasteiger partial charge >= 0.3 is 5.97 Å². The molecule has 2 rings (SSSR count). The SMILES string of the molecule is Cc1ccc([N+](=O)[O-])cc1NC(=O)COC(=O)CCNc1ccccc1[N+](=O)[O-]. The maximum absolute atomic E-state index is 11.9. The molecule has 2 N–H and O–H groups in total. The summed E-state index contributed by atoms with van der Waals surface area (Å²) in [6.07, 6.45) is -0.116. The van der Waals surface area contributed by atoms with Crippen LogP contribution < -0.4 is 10.6 Å². The molecular formula is C18H18N4O7. The van der Waals surface area contributed by atoms with Crippen LogP contribution in [-0.2, 0) is 14.3 Å². The molecule has 0 atom stereocenters. The van der Waals surface area contributed by atoms with Crippen molar-refractivity contribution in [1.29, 1.82) is 0 Å². The number of nitro benzene ring substituents is 2. The van der Waals surface area contributed by atoms with E-state index in [0.29, 0.717) is 5.56 Å². The molecule has 0 aliphatic carbocycles. The minimum Gasteiger partial charge on any atom is -0.456 e. The molecule has 2 aromatic carbocycles. The zero-order valence-corrected chi connectivity index (χ0v) is 15.4. The van der Waals surface area contributed by atoms with Gasteiger partial charge in [-0.05, 0) is 18.6 Å². The van der Waals surface area contributed by atoms with Gasteiger partial charge in [0.25, 0.3) is 17.3 Å². The third-order valence-electron chi connectivity index (χ3n) is 3.82. The normalized spacial score (nSPS) is 10.1. The highest BCUT2D eigenvalue weighted by Gasteiger charge is 2.14. The van der Waals surface area contributed by atoms with Crippen molar-refractivity contribution in [3.8, 4) is 0 Å². The van der Waals surface area contributed by atoms with Gasteiger partial charge in [0.1, 0.15) is 5.69 Å². The van der Waals surface area contributed by atoms with Gasteiger partial charge in [0.05, 0.1) is 22.0 Å². The molecule has 152 valence electrons. The third-order valence-corrected chi connectivity index (χ3v) is 3.82. The number of hydrogen-bond donors (Lipinski definition) is 2. The van der Waals surface area contributed by atoms with E-state index in [2.05, 4.69) is 10.6 Å². The molecule has 2 aromatic rings. The predicted molar refractivity (Wildman–Crippen MR) is 104 cm³/mol. The summed E-state index contributed by atoms with van der Waals surface area (Å²) in [7, 11) is 0. The first-order chi connectivity index (χ1) is 13.8. The van der Waals surface area contributed by atoms with Crippen LogP contribution in [0.25, 0.3) is 0 Å². The van der Waals surface area contributed by atoms with E-state index < -0.39 is 28.3 Å². The number of carbonyl (C=O) groups is 2. The Bertz CT molecular complexity index is 946. The van der Waals surface area contributed by atoms with Crippen LogP contribution in [-0.4, -0.2) is 34.9 Å². The van der Waals surface area contributed by atoms with Crippen molar-refractivity contribution in [2.45, 2.75) is 13.3 Å². The standard InChI is InChI=1S/C18H18N4O7/c1-12-6-7-13(21(25)26)10-15(12)20-17(23)11-29-18(24)8-9-19-14-4-2-3-5-16(14)22(27)28/h2-7,10,19H,8-9,11H2,1H3,(H,20,23). The van der Waals surface area contributed by atoms with Gasteiger partial charge in [0, 0.05) is 24.7 Å². The lowest BCUT2D eigenvalue weighted by Gasteiger charge is -2.09. The number of rotatable bonds is 9. The molecule has 11 nitrogen and oxygen atoms in total.